The summed E-state index contributed by atoms with van der Waals surface area (Å²) in [5, 5.41) is 9.55. The summed E-state index contributed by atoms with van der Waals surface area (Å²) in [6.45, 7) is 5.51. The van der Waals surface area contributed by atoms with Gasteiger partial charge in [-0.15, -0.1) is 0 Å². The van der Waals surface area contributed by atoms with Crippen LogP contribution in [0.15, 0.2) is 60.8 Å². The van der Waals surface area contributed by atoms with Gasteiger partial charge in [0.1, 0.15) is 5.75 Å². The third-order valence-corrected chi connectivity index (χ3v) is 7.95. The first-order valence-electron chi connectivity index (χ1n) is 13.3. The standard InChI is InChI=1S/C32H35N3O/c1-4-24-19-26(9-10-27(24)21-33)29-20-31-30(34-32(29)25-11-13-28(36-3)14-12-25)16-18-35(31)17-15-23-7-5-22(2)6-8-23/h9-14,16,18-20,22-23H,4-8,15,17H2,1-3H3. The second kappa shape index (κ2) is 10.6. The molecule has 2 aromatic carbocycles. The van der Waals surface area contributed by atoms with Gasteiger partial charge in [-0.2, -0.15) is 5.26 Å². The van der Waals surface area contributed by atoms with Gasteiger partial charge in [0.2, 0.25) is 0 Å². The van der Waals surface area contributed by atoms with Crippen molar-refractivity contribution in [2.75, 3.05) is 7.11 Å². The maximum atomic E-state index is 9.55. The molecule has 0 aliphatic heterocycles. The predicted molar refractivity (Wildman–Crippen MR) is 147 cm³/mol. The molecule has 1 aliphatic carbocycles. The lowest BCUT2D eigenvalue weighted by Crippen LogP contribution is -2.14. The molecular weight excluding hydrogens is 442 g/mol. The fourth-order valence-corrected chi connectivity index (χ4v) is 5.60. The van der Waals surface area contributed by atoms with Crippen molar-refractivity contribution in [3.8, 4) is 34.2 Å². The highest BCUT2D eigenvalue weighted by Crippen LogP contribution is 2.36. The molecule has 4 nitrogen and oxygen atoms in total. The molecule has 0 radical (unpaired) electrons. The van der Waals surface area contributed by atoms with Crippen molar-refractivity contribution in [3.05, 3.63) is 71.9 Å². The Hall–Kier alpha value is -3.58. The van der Waals surface area contributed by atoms with Gasteiger partial charge in [-0.25, -0.2) is 4.98 Å². The number of nitrogens with zero attached hydrogens (tertiary/aromatic N) is 3. The van der Waals surface area contributed by atoms with E-state index in [1.54, 1.807) is 7.11 Å². The summed E-state index contributed by atoms with van der Waals surface area (Å²) in [6.07, 6.45) is 9.69. The molecule has 2 heterocycles. The van der Waals surface area contributed by atoms with Gasteiger partial charge in [0.05, 0.1) is 35.5 Å². The molecule has 184 valence electrons. The Morgan fingerprint density at radius 3 is 2.44 bits per heavy atom. The van der Waals surface area contributed by atoms with Gasteiger partial charge >= 0.3 is 0 Å². The van der Waals surface area contributed by atoms with E-state index in [1.165, 1.54) is 37.6 Å². The normalized spacial score (nSPS) is 17.7. The molecule has 5 rings (SSSR count). The molecule has 2 aromatic heterocycles. The van der Waals surface area contributed by atoms with E-state index in [2.05, 4.69) is 67.1 Å². The summed E-state index contributed by atoms with van der Waals surface area (Å²) in [5.74, 6) is 2.55. The molecule has 0 amide bonds. The number of benzene rings is 2. The van der Waals surface area contributed by atoms with Gasteiger partial charge in [0.25, 0.3) is 0 Å². The van der Waals surface area contributed by atoms with Crippen molar-refractivity contribution in [3.63, 3.8) is 0 Å². The number of aryl methyl sites for hydroxylation is 2. The lowest BCUT2D eigenvalue weighted by molar-refractivity contribution is 0.269. The molecule has 1 saturated carbocycles. The SMILES string of the molecule is CCc1cc(-c2cc3c(ccn3CCC3CCC(C)CC3)nc2-c2ccc(OC)cc2)ccc1C#N. The van der Waals surface area contributed by atoms with Crippen LogP contribution in [0.1, 0.15) is 57.1 Å². The number of methoxy groups -OCH3 is 1. The maximum Gasteiger partial charge on any atom is 0.118 e. The van der Waals surface area contributed by atoms with E-state index in [0.29, 0.717) is 0 Å². The Morgan fingerprint density at radius 2 is 1.75 bits per heavy atom. The lowest BCUT2D eigenvalue weighted by Gasteiger charge is -2.26. The highest BCUT2D eigenvalue weighted by molar-refractivity contribution is 5.90. The van der Waals surface area contributed by atoms with Crippen molar-refractivity contribution in [1.82, 2.24) is 9.55 Å². The van der Waals surface area contributed by atoms with Gasteiger partial charge < -0.3 is 9.30 Å². The minimum absolute atomic E-state index is 0.742. The maximum absolute atomic E-state index is 9.55. The van der Waals surface area contributed by atoms with Crippen molar-refractivity contribution >= 4 is 11.0 Å². The molecule has 0 atom stereocenters. The smallest absolute Gasteiger partial charge is 0.118 e. The van der Waals surface area contributed by atoms with Gasteiger partial charge in [-0.05, 0) is 84.3 Å². The van der Waals surface area contributed by atoms with Gasteiger partial charge in [0.15, 0.2) is 0 Å². The molecule has 1 aliphatic rings. The van der Waals surface area contributed by atoms with Crippen LogP contribution >= 0.6 is 0 Å². The van der Waals surface area contributed by atoms with Crippen LogP contribution < -0.4 is 4.74 Å². The predicted octanol–water partition coefficient (Wildman–Crippen LogP) is 8.03. The molecule has 0 unspecified atom stereocenters. The van der Waals surface area contributed by atoms with E-state index in [4.69, 9.17) is 9.72 Å². The Kier molecular flexibility index (Phi) is 7.09. The minimum Gasteiger partial charge on any atom is -0.497 e. The summed E-state index contributed by atoms with van der Waals surface area (Å²) in [5.41, 5.74) is 8.21. The number of pyridine rings is 1. The van der Waals surface area contributed by atoms with E-state index in [0.717, 1.165) is 69.6 Å². The molecule has 4 aromatic rings. The first-order valence-corrected chi connectivity index (χ1v) is 13.3. The Bertz CT molecular complexity index is 1390. The Labute approximate surface area is 214 Å². The zero-order chi connectivity index (χ0) is 25.1. The number of hydrogen-bond donors (Lipinski definition) is 0. The van der Waals surface area contributed by atoms with Crippen molar-refractivity contribution in [1.29, 1.82) is 5.26 Å². The van der Waals surface area contributed by atoms with Crippen LogP contribution in [0, 0.1) is 23.2 Å². The monoisotopic (exact) mass is 477 g/mol. The van der Waals surface area contributed by atoms with Gasteiger partial charge in [0, 0.05) is 23.9 Å². The second-order valence-corrected chi connectivity index (χ2v) is 10.3. The van der Waals surface area contributed by atoms with Crippen LogP contribution in [0.5, 0.6) is 5.75 Å². The zero-order valence-corrected chi connectivity index (χ0v) is 21.6. The van der Waals surface area contributed by atoms with E-state index in [1.807, 2.05) is 18.2 Å². The third kappa shape index (κ3) is 4.88. The van der Waals surface area contributed by atoms with E-state index in [9.17, 15) is 5.26 Å². The molecule has 0 spiro atoms. The van der Waals surface area contributed by atoms with Crippen LogP contribution in [0.4, 0.5) is 0 Å². The van der Waals surface area contributed by atoms with E-state index >= 15 is 0 Å². The number of ether oxygens (including phenoxy) is 1. The van der Waals surface area contributed by atoms with E-state index < -0.39 is 0 Å². The first-order chi connectivity index (χ1) is 17.6. The zero-order valence-electron chi connectivity index (χ0n) is 21.6. The molecule has 36 heavy (non-hydrogen) atoms. The Balaban J connectivity index is 1.57. The van der Waals surface area contributed by atoms with Crippen molar-refractivity contribution in [2.24, 2.45) is 11.8 Å². The third-order valence-electron chi connectivity index (χ3n) is 7.95. The number of rotatable bonds is 7. The summed E-state index contributed by atoms with van der Waals surface area (Å²) < 4.78 is 7.76. The topological polar surface area (TPSA) is 50.8 Å². The van der Waals surface area contributed by atoms with Crippen molar-refractivity contribution < 1.29 is 4.74 Å². The molecular formula is C32H35N3O. The highest BCUT2D eigenvalue weighted by atomic mass is 16.5. The number of hydrogen-bond acceptors (Lipinski definition) is 3. The summed E-state index contributed by atoms with van der Waals surface area (Å²) >= 11 is 0. The fraction of sp³-hybridized carbons (Fsp3) is 0.375. The largest absolute Gasteiger partial charge is 0.497 e. The quantitative estimate of drug-likeness (QED) is 0.271. The lowest BCUT2D eigenvalue weighted by atomic mass is 9.81. The van der Waals surface area contributed by atoms with Crippen LogP contribution in [-0.2, 0) is 13.0 Å². The van der Waals surface area contributed by atoms with Crippen molar-refractivity contribution in [2.45, 2.75) is 58.9 Å². The number of nitriles is 1. The van der Waals surface area contributed by atoms with Crippen LogP contribution in [0.2, 0.25) is 0 Å². The molecule has 4 heteroatoms. The Morgan fingerprint density at radius 1 is 1.00 bits per heavy atom. The minimum atomic E-state index is 0.742. The van der Waals surface area contributed by atoms with Crippen LogP contribution in [0.3, 0.4) is 0 Å². The number of fused-ring (bicyclic) bond motifs is 1. The van der Waals surface area contributed by atoms with Crippen LogP contribution in [0.25, 0.3) is 33.4 Å². The molecule has 1 fully saturated rings. The fourth-order valence-electron chi connectivity index (χ4n) is 5.60. The molecule has 0 N–H and O–H groups in total. The summed E-state index contributed by atoms with van der Waals surface area (Å²) in [6, 6.07) is 21.0. The summed E-state index contributed by atoms with van der Waals surface area (Å²) in [4.78, 5) is 5.17. The average molecular weight is 478 g/mol. The molecule has 0 bridgehead atoms. The van der Waals surface area contributed by atoms with Gasteiger partial charge in [-0.1, -0.05) is 45.6 Å². The molecule has 0 saturated heterocycles. The van der Waals surface area contributed by atoms with E-state index in [-0.39, 0.29) is 0 Å². The first kappa shape index (κ1) is 24.1. The van der Waals surface area contributed by atoms with Crippen LogP contribution in [-0.4, -0.2) is 16.7 Å². The highest BCUT2D eigenvalue weighted by Gasteiger charge is 2.19. The summed E-state index contributed by atoms with van der Waals surface area (Å²) in [7, 11) is 1.68. The second-order valence-electron chi connectivity index (χ2n) is 10.3. The van der Waals surface area contributed by atoms with Gasteiger partial charge in [-0.3, -0.25) is 0 Å². The average Bonchev–Trinajstić information content (AvgIpc) is 3.33. The number of aromatic nitrogens is 2.